The molecule has 0 aliphatic carbocycles. The van der Waals surface area contributed by atoms with Crippen LogP contribution in [0.1, 0.15) is 15.9 Å². The standard InChI is InChI=1S/C19H15N3O6S2/c1-27-12-7-8-15(28-2)11(9-12)10-16-18(24)21(19(29)30-16)20-17(23)13-5-3-4-6-14(13)22(25)26/h3-10H,1-2H3,(H,20,23)/b16-10+. The van der Waals surface area contributed by atoms with Gasteiger partial charge in [-0.25, -0.2) is 0 Å². The van der Waals surface area contributed by atoms with Gasteiger partial charge in [0.05, 0.1) is 24.0 Å². The molecule has 0 saturated carbocycles. The van der Waals surface area contributed by atoms with Crippen LogP contribution in [0.15, 0.2) is 47.4 Å². The van der Waals surface area contributed by atoms with Gasteiger partial charge < -0.3 is 9.47 Å². The average Bonchev–Trinajstić information content (AvgIpc) is 3.00. The van der Waals surface area contributed by atoms with Crippen molar-refractivity contribution in [3.63, 3.8) is 0 Å². The van der Waals surface area contributed by atoms with E-state index in [0.29, 0.717) is 17.1 Å². The number of rotatable bonds is 6. The molecule has 11 heteroatoms. The summed E-state index contributed by atoms with van der Waals surface area (Å²) in [6.07, 6.45) is 1.57. The molecule has 1 aliphatic rings. The van der Waals surface area contributed by atoms with Gasteiger partial charge in [0.2, 0.25) is 0 Å². The Kier molecular flexibility index (Phi) is 6.33. The zero-order valence-electron chi connectivity index (χ0n) is 15.8. The molecule has 1 N–H and O–H groups in total. The Bertz CT molecular complexity index is 1090. The smallest absolute Gasteiger partial charge is 0.285 e. The van der Waals surface area contributed by atoms with Crippen LogP contribution in [0, 0.1) is 10.1 Å². The van der Waals surface area contributed by atoms with E-state index in [9.17, 15) is 19.7 Å². The maximum Gasteiger partial charge on any atom is 0.285 e. The normalized spacial score (nSPS) is 14.7. The molecule has 3 rings (SSSR count). The summed E-state index contributed by atoms with van der Waals surface area (Å²) in [6.45, 7) is 0. The van der Waals surface area contributed by atoms with Crippen molar-refractivity contribution < 1.29 is 24.0 Å². The molecule has 2 aromatic rings. The van der Waals surface area contributed by atoms with E-state index >= 15 is 0 Å². The summed E-state index contributed by atoms with van der Waals surface area (Å²) in [5, 5.41) is 12.0. The fourth-order valence-corrected chi connectivity index (χ4v) is 3.81. The molecule has 154 valence electrons. The molecule has 1 heterocycles. The van der Waals surface area contributed by atoms with Crippen molar-refractivity contribution in [2.45, 2.75) is 0 Å². The van der Waals surface area contributed by atoms with Crippen molar-refractivity contribution in [1.82, 2.24) is 10.4 Å². The number of nitrogens with one attached hydrogen (secondary N) is 1. The topological polar surface area (TPSA) is 111 Å². The third-order valence-electron chi connectivity index (χ3n) is 4.08. The number of carbonyl (C=O) groups excluding carboxylic acids is 2. The van der Waals surface area contributed by atoms with Gasteiger partial charge in [0, 0.05) is 11.6 Å². The van der Waals surface area contributed by atoms with E-state index in [1.165, 1.54) is 38.5 Å². The zero-order chi connectivity index (χ0) is 21.8. The van der Waals surface area contributed by atoms with Crippen molar-refractivity contribution in [2.75, 3.05) is 14.2 Å². The second-order valence-electron chi connectivity index (χ2n) is 5.84. The zero-order valence-corrected chi connectivity index (χ0v) is 17.4. The first kappa shape index (κ1) is 21.3. The summed E-state index contributed by atoms with van der Waals surface area (Å²) < 4.78 is 10.6. The molecule has 9 nitrogen and oxygen atoms in total. The lowest BCUT2D eigenvalue weighted by Crippen LogP contribution is -2.45. The number of hydrogen-bond donors (Lipinski definition) is 1. The van der Waals surface area contributed by atoms with Crippen LogP contribution in [0.2, 0.25) is 0 Å². The van der Waals surface area contributed by atoms with Gasteiger partial charge in [-0.3, -0.25) is 25.1 Å². The Morgan fingerprint density at radius 2 is 1.97 bits per heavy atom. The first-order valence-corrected chi connectivity index (χ1v) is 9.62. The van der Waals surface area contributed by atoms with E-state index < -0.39 is 16.7 Å². The lowest BCUT2D eigenvalue weighted by atomic mass is 10.1. The molecule has 1 aliphatic heterocycles. The minimum Gasteiger partial charge on any atom is -0.497 e. The van der Waals surface area contributed by atoms with Crippen LogP contribution < -0.4 is 14.9 Å². The summed E-state index contributed by atoms with van der Waals surface area (Å²) >= 11 is 6.18. The summed E-state index contributed by atoms with van der Waals surface area (Å²) in [6, 6.07) is 10.5. The molecule has 0 spiro atoms. The van der Waals surface area contributed by atoms with Crippen LogP contribution in [-0.4, -0.2) is 40.3 Å². The highest BCUT2D eigenvalue weighted by molar-refractivity contribution is 8.26. The van der Waals surface area contributed by atoms with E-state index in [0.717, 1.165) is 16.8 Å². The number of thioether (sulfide) groups is 1. The number of nitro groups is 1. The van der Waals surface area contributed by atoms with Crippen molar-refractivity contribution in [3.8, 4) is 11.5 Å². The highest BCUT2D eigenvalue weighted by Gasteiger charge is 2.35. The number of para-hydroxylation sites is 1. The second-order valence-corrected chi connectivity index (χ2v) is 7.52. The minimum atomic E-state index is -0.821. The highest BCUT2D eigenvalue weighted by Crippen LogP contribution is 2.34. The maximum absolute atomic E-state index is 12.8. The Balaban J connectivity index is 1.86. The van der Waals surface area contributed by atoms with Crippen molar-refractivity contribution >= 4 is 51.9 Å². The summed E-state index contributed by atoms with van der Waals surface area (Å²) in [7, 11) is 3.01. The molecule has 0 aromatic heterocycles. The largest absolute Gasteiger partial charge is 0.497 e. The van der Waals surface area contributed by atoms with Crippen LogP contribution in [0.4, 0.5) is 5.69 Å². The summed E-state index contributed by atoms with van der Waals surface area (Å²) in [5.74, 6) is -0.298. The van der Waals surface area contributed by atoms with Gasteiger partial charge in [-0.1, -0.05) is 23.9 Å². The number of methoxy groups -OCH3 is 2. The lowest BCUT2D eigenvalue weighted by molar-refractivity contribution is -0.385. The third-order valence-corrected chi connectivity index (χ3v) is 5.38. The first-order valence-electron chi connectivity index (χ1n) is 8.40. The second kappa shape index (κ2) is 8.93. The molecule has 0 radical (unpaired) electrons. The number of ether oxygens (including phenoxy) is 2. The molecule has 0 atom stereocenters. The monoisotopic (exact) mass is 445 g/mol. The first-order chi connectivity index (χ1) is 14.3. The van der Waals surface area contributed by atoms with Gasteiger partial charge in [-0.2, -0.15) is 5.01 Å². The van der Waals surface area contributed by atoms with Crippen LogP contribution >= 0.6 is 24.0 Å². The van der Waals surface area contributed by atoms with Crippen LogP contribution in [0.3, 0.4) is 0 Å². The third kappa shape index (κ3) is 4.26. The molecule has 1 fully saturated rings. The van der Waals surface area contributed by atoms with Gasteiger partial charge in [-0.15, -0.1) is 0 Å². The van der Waals surface area contributed by atoms with E-state index in [4.69, 9.17) is 21.7 Å². The van der Waals surface area contributed by atoms with Crippen molar-refractivity contribution in [2.24, 2.45) is 0 Å². The van der Waals surface area contributed by atoms with Gasteiger partial charge >= 0.3 is 0 Å². The fraction of sp³-hybridized carbons (Fsp3) is 0.105. The van der Waals surface area contributed by atoms with Gasteiger partial charge in [0.15, 0.2) is 4.32 Å². The Morgan fingerprint density at radius 3 is 2.63 bits per heavy atom. The van der Waals surface area contributed by atoms with E-state index in [-0.39, 0.29) is 20.5 Å². The number of nitro benzene ring substituents is 1. The van der Waals surface area contributed by atoms with Gasteiger partial charge in [-0.05, 0) is 42.6 Å². The number of thiocarbonyl (C=S) groups is 1. The molecular weight excluding hydrogens is 430 g/mol. The van der Waals surface area contributed by atoms with Crippen molar-refractivity contribution in [1.29, 1.82) is 0 Å². The quantitative estimate of drug-likeness (QED) is 0.312. The fourth-order valence-electron chi connectivity index (χ4n) is 2.64. The van der Waals surface area contributed by atoms with E-state index in [1.54, 1.807) is 24.3 Å². The van der Waals surface area contributed by atoms with E-state index in [1.807, 2.05) is 0 Å². The predicted octanol–water partition coefficient (Wildman–Crippen LogP) is 3.16. The van der Waals surface area contributed by atoms with Crippen molar-refractivity contribution in [3.05, 3.63) is 68.6 Å². The predicted molar refractivity (Wildman–Crippen MR) is 115 cm³/mol. The molecule has 0 unspecified atom stereocenters. The molecule has 2 amide bonds. The number of hydrazine groups is 1. The molecule has 30 heavy (non-hydrogen) atoms. The Hall–Kier alpha value is -3.44. The minimum absolute atomic E-state index is 0.0834. The van der Waals surface area contributed by atoms with E-state index in [2.05, 4.69) is 5.43 Å². The SMILES string of the molecule is COc1ccc(OC)c(/C=C2/SC(=S)N(NC(=O)c3ccccc3[N+](=O)[O-])C2=O)c1. The number of nitrogens with zero attached hydrogens (tertiary/aromatic N) is 2. The van der Waals surface area contributed by atoms with Crippen LogP contribution in [-0.2, 0) is 4.79 Å². The average molecular weight is 445 g/mol. The number of amides is 2. The molecule has 1 saturated heterocycles. The van der Waals surface area contributed by atoms with Crippen LogP contribution in [0.25, 0.3) is 6.08 Å². The highest BCUT2D eigenvalue weighted by atomic mass is 32.2. The van der Waals surface area contributed by atoms with Gasteiger partial charge in [0.1, 0.15) is 17.1 Å². The molecule has 0 bridgehead atoms. The number of hydrogen-bond acceptors (Lipinski definition) is 8. The lowest BCUT2D eigenvalue weighted by Gasteiger charge is -2.15. The molecular formula is C19H15N3O6S2. The summed E-state index contributed by atoms with van der Waals surface area (Å²) in [5.41, 5.74) is 2.36. The summed E-state index contributed by atoms with van der Waals surface area (Å²) in [4.78, 5) is 36.0. The maximum atomic E-state index is 12.8. The van der Waals surface area contributed by atoms with Gasteiger partial charge in [0.25, 0.3) is 17.5 Å². The number of benzene rings is 2. The van der Waals surface area contributed by atoms with Crippen LogP contribution in [0.5, 0.6) is 11.5 Å². The number of carbonyl (C=O) groups is 2. The molecule has 2 aromatic carbocycles. The Labute approximate surface area is 180 Å². The Morgan fingerprint density at radius 1 is 1.23 bits per heavy atom.